The second kappa shape index (κ2) is 5.55. The monoisotopic (exact) mass is 249 g/mol. The molecule has 0 aliphatic heterocycles. The van der Waals surface area contributed by atoms with Gasteiger partial charge in [-0.15, -0.1) is 11.6 Å². The van der Waals surface area contributed by atoms with Crippen molar-refractivity contribution in [3.63, 3.8) is 0 Å². The van der Waals surface area contributed by atoms with E-state index in [0.717, 1.165) is 5.39 Å². The molecule has 1 aromatic heterocycles. The predicted molar refractivity (Wildman–Crippen MR) is 68.4 cm³/mol. The Labute approximate surface area is 104 Å². The lowest BCUT2D eigenvalue weighted by molar-refractivity contribution is 0.0932. The normalized spacial score (nSPS) is 11.1. The van der Waals surface area contributed by atoms with Crippen molar-refractivity contribution in [2.24, 2.45) is 0 Å². The fraction of sp³-hybridized carbons (Fsp3) is 0.154. The molecule has 0 atom stereocenters. The number of para-hydroxylation sites is 1. The molecule has 88 valence electrons. The Morgan fingerprint density at radius 2 is 2.18 bits per heavy atom. The van der Waals surface area contributed by atoms with Crippen molar-refractivity contribution in [1.82, 2.24) is 5.32 Å². The number of benzene rings is 1. The molecule has 4 heteroatoms. The van der Waals surface area contributed by atoms with Crippen LogP contribution in [0.25, 0.3) is 11.0 Å². The number of alkyl halides is 1. The number of nitrogens with one attached hydrogen (secondary N) is 1. The summed E-state index contributed by atoms with van der Waals surface area (Å²) in [6.45, 7) is 0.447. The first kappa shape index (κ1) is 11.7. The summed E-state index contributed by atoms with van der Waals surface area (Å²) in [5, 5.41) is 3.64. The third-order valence-corrected chi connectivity index (χ3v) is 2.46. The Balaban J connectivity index is 2.06. The summed E-state index contributed by atoms with van der Waals surface area (Å²) < 4.78 is 5.42. The Hall–Kier alpha value is -1.74. The van der Waals surface area contributed by atoms with Crippen LogP contribution in [0.2, 0.25) is 0 Å². The molecule has 2 aromatic rings. The zero-order chi connectivity index (χ0) is 12.1. The minimum Gasteiger partial charge on any atom is -0.451 e. The first-order valence-electron chi connectivity index (χ1n) is 5.29. The van der Waals surface area contributed by atoms with Crippen molar-refractivity contribution in [2.45, 2.75) is 0 Å². The standard InChI is InChI=1S/C13H12ClNO2/c14-7-3-4-8-15-13(16)12-9-10-5-1-2-6-11(10)17-12/h1-6,9H,7-8H2,(H,15,16)/b4-3+. The second-order valence-corrected chi connectivity index (χ2v) is 3.79. The van der Waals surface area contributed by atoms with Crippen molar-refractivity contribution in [3.8, 4) is 0 Å². The molecular weight excluding hydrogens is 238 g/mol. The summed E-state index contributed by atoms with van der Waals surface area (Å²) >= 11 is 5.47. The average molecular weight is 250 g/mol. The SMILES string of the molecule is O=C(NC/C=C/CCl)c1cc2ccccc2o1. The van der Waals surface area contributed by atoms with Gasteiger partial charge in [0.1, 0.15) is 5.58 Å². The number of rotatable bonds is 4. The summed E-state index contributed by atoms with van der Waals surface area (Å²) in [6, 6.07) is 9.25. The van der Waals surface area contributed by atoms with Crippen molar-refractivity contribution in [3.05, 3.63) is 48.2 Å². The minimum atomic E-state index is -0.222. The molecule has 0 unspecified atom stereocenters. The number of carbonyl (C=O) groups is 1. The van der Waals surface area contributed by atoms with Gasteiger partial charge >= 0.3 is 0 Å². The van der Waals surface area contributed by atoms with Crippen LogP contribution in [0.4, 0.5) is 0 Å². The molecule has 2 rings (SSSR count). The van der Waals surface area contributed by atoms with E-state index >= 15 is 0 Å². The lowest BCUT2D eigenvalue weighted by atomic mass is 10.2. The Bertz CT molecular complexity index is 512. The summed E-state index contributed by atoms with van der Waals surface area (Å²) in [5.41, 5.74) is 0.717. The van der Waals surface area contributed by atoms with E-state index in [2.05, 4.69) is 5.32 Å². The first-order valence-corrected chi connectivity index (χ1v) is 5.82. The van der Waals surface area contributed by atoms with Gasteiger partial charge in [0.2, 0.25) is 0 Å². The van der Waals surface area contributed by atoms with E-state index in [0.29, 0.717) is 23.8 Å². The van der Waals surface area contributed by atoms with Gasteiger partial charge < -0.3 is 9.73 Å². The van der Waals surface area contributed by atoms with E-state index in [1.54, 1.807) is 18.2 Å². The summed E-state index contributed by atoms with van der Waals surface area (Å²) in [5.74, 6) is 0.548. The van der Waals surface area contributed by atoms with Gasteiger partial charge in [-0.3, -0.25) is 4.79 Å². The van der Waals surface area contributed by atoms with Crippen molar-refractivity contribution >= 4 is 28.5 Å². The van der Waals surface area contributed by atoms with Gasteiger partial charge in [-0.05, 0) is 12.1 Å². The van der Waals surface area contributed by atoms with E-state index in [1.165, 1.54) is 0 Å². The molecule has 1 amide bonds. The predicted octanol–water partition coefficient (Wildman–Crippen LogP) is 2.96. The number of hydrogen-bond acceptors (Lipinski definition) is 2. The largest absolute Gasteiger partial charge is 0.451 e. The van der Waals surface area contributed by atoms with Gasteiger partial charge in [-0.1, -0.05) is 30.4 Å². The van der Waals surface area contributed by atoms with Crippen molar-refractivity contribution in [1.29, 1.82) is 0 Å². The van der Waals surface area contributed by atoms with Crippen LogP contribution in [0, 0.1) is 0 Å². The molecule has 0 bridgehead atoms. The van der Waals surface area contributed by atoms with Crippen molar-refractivity contribution < 1.29 is 9.21 Å². The molecule has 0 aliphatic carbocycles. The summed E-state index contributed by atoms with van der Waals surface area (Å²) in [4.78, 5) is 11.7. The molecule has 17 heavy (non-hydrogen) atoms. The Morgan fingerprint density at radius 1 is 1.35 bits per heavy atom. The quantitative estimate of drug-likeness (QED) is 0.669. The number of hydrogen-bond donors (Lipinski definition) is 1. The fourth-order valence-electron chi connectivity index (χ4n) is 1.48. The highest BCUT2D eigenvalue weighted by atomic mass is 35.5. The van der Waals surface area contributed by atoms with Crippen LogP contribution in [-0.2, 0) is 0 Å². The fourth-order valence-corrected chi connectivity index (χ4v) is 1.60. The third-order valence-electron chi connectivity index (χ3n) is 2.29. The second-order valence-electron chi connectivity index (χ2n) is 3.48. The van der Waals surface area contributed by atoms with E-state index in [-0.39, 0.29) is 5.91 Å². The lowest BCUT2D eigenvalue weighted by Gasteiger charge is -1.97. The van der Waals surface area contributed by atoms with Gasteiger partial charge in [0.25, 0.3) is 5.91 Å². The zero-order valence-electron chi connectivity index (χ0n) is 9.15. The highest BCUT2D eigenvalue weighted by Gasteiger charge is 2.10. The first-order chi connectivity index (χ1) is 8.31. The van der Waals surface area contributed by atoms with Crippen molar-refractivity contribution in [2.75, 3.05) is 12.4 Å². The molecule has 1 heterocycles. The number of carbonyl (C=O) groups excluding carboxylic acids is 1. The smallest absolute Gasteiger partial charge is 0.287 e. The molecule has 0 saturated heterocycles. The van der Waals surface area contributed by atoms with Gasteiger partial charge in [0.05, 0.1) is 0 Å². The number of halogens is 1. The van der Waals surface area contributed by atoms with Crippen LogP contribution in [-0.4, -0.2) is 18.3 Å². The molecule has 0 radical (unpaired) electrons. The molecule has 0 spiro atoms. The van der Waals surface area contributed by atoms with E-state index in [4.69, 9.17) is 16.0 Å². The molecule has 3 nitrogen and oxygen atoms in total. The third kappa shape index (κ3) is 2.88. The topological polar surface area (TPSA) is 42.2 Å². The highest BCUT2D eigenvalue weighted by Crippen LogP contribution is 2.18. The lowest BCUT2D eigenvalue weighted by Crippen LogP contribution is -2.22. The van der Waals surface area contributed by atoms with Crippen LogP contribution in [0.1, 0.15) is 10.6 Å². The molecular formula is C13H12ClNO2. The number of allylic oxidation sites excluding steroid dienone is 1. The number of fused-ring (bicyclic) bond motifs is 1. The maximum atomic E-state index is 11.7. The zero-order valence-corrected chi connectivity index (χ0v) is 9.91. The van der Waals surface area contributed by atoms with E-state index in [9.17, 15) is 4.79 Å². The summed E-state index contributed by atoms with van der Waals surface area (Å²) in [6.07, 6.45) is 3.58. The van der Waals surface area contributed by atoms with Gasteiger partial charge in [0, 0.05) is 17.8 Å². The average Bonchev–Trinajstić information content (AvgIpc) is 2.78. The highest BCUT2D eigenvalue weighted by molar-refractivity contribution is 6.18. The summed E-state index contributed by atoms with van der Waals surface area (Å²) in [7, 11) is 0. The van der Waals surface area contributed by atoms with Crippen LogP contribution in [0.15, 0.2) is 46.9 Å². The molecule has 0 aliphatic rings. The maximum Gasteiger partial charge on any atom is 0.287 e. The molecule has 1 aromatic carbocycles. The van der Waals surface area contributed by atoms with Gasteiger partial charge in [-0.2, -0.15) is 0 Å². The number of amides is 1. The van der Waals surface area contributed by atoms with Crippen LogP contribution >= 0.6 is 11.6 Å². The molecule has 1 N–H and O–H groups in total. The van der Waals surface area contributed by atoms with Crippen LogP contribution < -0.4 is 5.32 Å². The maximum absolute atomic E-state index is 11.7. The van der Waals surface area contributed by atoms with Crippen LogP contribution in [0.5, 0.6) is 0 Å². The van der Waals surface area contributed by atoms with Gasteiger partial charge in [-0.25, -0.2) is 0 Å². The molecule has 0 fully saturated rings. The molecule has 0 saturated carbocycles. The Morgan fingerprint density at radius 3 is 2.94 bits per heavy atom. The van der Waals surface area contributed by atoms with E-state index < -0.39 is 0 Å². The number of furan rings is 1. The Kier molecular flexibility index (Phi) is 3.83. The van der Waals surface area contributed by atoms with Gasteiger partial charge in [0.15, 0.2) is 5.76 Å². The minimum absolute atomic E-state index is 0.222. The van der Waals surface area contributed by atoms with Crippen LogP contribution in [0.3, 0.4) is 0 Å². The van der Waals surface area contributed by atoms with E-state index in [1.807, 2.05) is 24.3 Å².